The standard InChI is InChI=1S/C9H16N2O4S2/c1-17(15)4-2-3-10-9(14)11-6-16-5-7(11)8(12)13/h7H,2-6H2,1H3,(H,10,14)(H,12,13)/t7-,17?/m0/s1. The number of carbonyl (C=O) groups is 2. The lowest BCUT2D eigenvalue weighted by molar-refractivity contribution is -0.140. The number of carbonyl (C=O) groups excluding carboxylic acids is 1. The van der Waals surface area contributed by atoms with Crippen LogP contribution in [0.2, 0.25) is 0 Å². The zero-order valence-electron chi connectivity index (χ0n) is 9.55. The predicted molar refractivity (Wildman–Crippen MR) is 67.5 cm³/mol. The van der Waals surface area contributed by atoms with Gasteiger partial charge >= 0.3 is 12.0 Å². The Morgan fingerprint density at radius 3 is 2.88 bits per heavy atom. The molecule has 1 rings (SSSR count). The monoisotopic (exact) mass is 280 g/mol. The van der Waals surface area contributed by atoms with Gasteiger partial charge in [0, 0.05) is 35.1 Å². The van der Waals surface area contributed by atoms with Crippen LogP contribution in [-0.4, -0.2) is 62.4 Å². The average molecular weight is 280 g/mol. The number of hydrogen-bond donors (Lipinski definition) is 2. The lowest BCUT2D eigenvalue weighted by Crippen LogP contribution is -2.47. The molecule has 98 valence electrons. The number of carboxylic acids is 1. The van der Waals surface area contributed by atoms with Crippen molar-refractivity contribution in [2.24, 2.45) is 0 Å². The van der Waals surface area contributed by atoms with Gasteiger partial charge in [-0.15, -0.1) is 11.8 Å². The largest absolute Gasteiger partial charge is 0.480 e. The Hall–Kier alpha value is -0.760. The maximum absolute atomic E-state index is 11.7. The predicted octanol–water partition coefficient (Wildman–Crippen LogP) is -0.0759. The molecule has 8 heteroatoms. The van der Waals surface area contributed by atoms with Gasteiger partial charge in [-0.2, -0.15) is 0 Å². The summed E-state index contributed by atoms with van der Waals surface area (Å²) in [6.07, 6.45) is 2.24. The molecule has 17 heavy (non-hydrogen) atoms. The van der Waals surface area contributed by atoms with Crippen LogP contribution in [0.15, 0.2) is 0 Å². The van der Waals surface area contributed by atoms with E-state index in [9.17, 15) is 13.8 Å². The third kappa shape index (κ3) is 4.55. The number of nitrogens with one attached hydrogen (secondary N) is 1. The number of rotatable bonds is 5. The molecule has 2 atom stereocenters. The van der Waals surface area contributed by atoms with Crippen LogP contribution in [0.3, 0.4) is 0 Å². The molecular formula is C9H16N2O4S2. The van der Waals surface area contributed by atoms with Crippen molar-refractivity contribution in [3.63, 3.8) is 0 Å². The van der Waals surface area contributed by atoms with Gasteiger partial charge in [0.15, 0.2) is 0 Å². The second-order valence-electron chi connectivity index (χ2n) is 3.69. The minimum absolute atomic E-state index is 0.357. The summed E-state index contributed by atoms with van der Waals surface area (Å²) in [4.78, 5) is 23.8. The Bertz CT molecular complexity index is 324. The first kappa shape index (κ1) is 14.3. The fourth-order valence-electron chi connectivity index (χ4n) is 1.42. The number of hydrogen-bond acceptors (Lipinski definition) is 4. The topological polar surface area (TPSA) is 86.7 Å². The minimum atomic E-state index is -0.972. The first-order valence-corrected chi connectivity index (χ1v) is 8.05. The van der Waals surface area contributed by atoms with E-state index in [0.717, 1.165) is 0 Å². The zero-order chi connectivity index (χ0) is 12.8. The Labute approximate surface area is 107 Å². The highest BCUT2D eigenvalue weighted by atomic mass is 32.2. The van der Waals surface area contributed by atoms with E-state index in [4.69, 9.17) is 5.11 Å². The number of aliphatic carboxylic acids is 1. The maximum atomic E-state index is 11.7. The third-order valence-corrected chi connectivity index (χ3v) is 4.19. The van der Waals surface area contributed by atoms with Crippen LogP contribution in [0.1, 0.15) is 6.42 Å². The van der Waals surface area contributed by atoms with E-state index in [1.54, 1.807) is 6.26 Å². The van der Waals surface area contributed by atoms with Crippen LogP contribution >= 0.6 is 11.8 Å². The minimum Gasteiger partial charge on any atom is -0.480 e. The quantitative estimate of drug-likeness (QED) is 0.688. The number of thioether (sulfide) groups is 1. The van der Waals surface area contributed by atoms with Crippen LogP contribution in [-0.2, 0) is 15.6 Å². The fourth-order valence-corrected chi connectivity index (χ4v) is 3.12. The molecule has 1 heterocycles. The van der Waals surface area contributed by atoms with Crippen LogP contribution in [0.25, 0.3) is 0 Å². The van der Waals surface area contributed by atoms with Gasteiger partial charge in [0.1, 0.15) is 6.04 Å². The molecule has 0 spiro atoms. The molecule has 2 amide bonds. The van der Waals surface area contributed by atoms with Crippen molar-refractivity contribution in [3.8, 4) is 0 Å². The molecule has 6 nitrogen and oxygen atoms in total. The van der Waals surface area contributed by atoms with Crippen LogP contribution < -0.4 is 5.32 Å². The number of nitrogens with zero attached hydrogens (tertiary/aromatic N) is 1. The van der Waals surface area contributed by atoms with Crippen molar-refractivity contribution in [1.82, 2.24) is 10.2 Å². The van der Waals surface area contributed by atoms with Gasteiger partial charge in [-0.3, -0.25) is 4.21 Å². The van der Waals surface area contributed by atoms with Gasteiger partial charge in [-0.05, 0) is 6.42 Å². The summed E-state index contributed by atoms with van der Waals surface area (Å²) < 4.78 is 10.8. The van der Waals surface area contributed by atoms with E-state index >= 15 is 0 Å². The molecule has 1 saturated heterocycles. The van der Waals surface area contributed by atoms with E-state index < -0.39 is 22.8 Å². The van der Waals surface area contributed by atoms with Crippen molar-refractivity contribution in [2.45, 2.75) is 12.5 Å². The molecule has 0 aromatic rings. The normalized spacial score (nSPS) is 21.2. The summed E-state index contributed by atoms with van der Waals surface area (Å²) in [6, 6.07) is -1.09. The molecule has 0 aromatic heterocycles. The highest BCUT2D eigenvalue weighted by Gasteiger charge is 2.34. The van der Waals surface area contributed by atoms with Gasteiger partial charge in [0.05, 0.1) is 5.88 Å². The Balaban J connectivity index is 2.32. The molecule has 1 aliphatic rings. The number of amides is 2. The molecule has 1 unspecified atom stereocenters. The average Bonchev–Trinajstić information content (AvgIpc) is 2.72. The van der Waals surface area contributed by atoms with Crippen LogP contribution in [0.5, 0.6) is 0 Å². The van der Waals surface area contributed by atoms with Crippen LogP contribution in [0.4, 0.5) is 4.79 Å². The first-order chi connectivity index (χ1) is 8.02. The summed E-state index contributed by atoms with van der Waals surface area (Å²) in [5.74, 6) is 0.404. The number of carboxylic acid groups (broad SMARTS) is 1. The summed E-state index contributed by atoms with van der Waals surface area (Å²) in [5, 5.41) is 11.5. The lowest BCUT2D eigenvalue weighted by Gasteiger charge is -2.20. The van der Waals surface area contributed by atoms with Gasteiger partial charge in [0.25, 0.3) is 0 Å². The van der Waals surface area contributed by atoms with Crippen molar-refractivity contribution in [1.29, 1.82) is 0 Å². The Morgan fingerprint density at radius 2 is 2.29 bits per heavy atom. The van der Waals surface area contributed by atoms with Gasteiger partial charge in [-0.1, -0.05) is 0 Å². The van der Waals surface area contributed by atoms with E-state index in [1.165, 1.54) is 16.7 Å². The SMILES string of the molecule is CS(=O)CCCNC(=O)N1CSC[C@H]1C(=O)O. The van der Waals surface area contributed by atoms with Crippen molar-refractivity contribution < 1.29 is 18.9 Å². The second-order valence-corrected chi connectivity index (χ2v) is 6.24. The molecule has 0 aliphatic carbocycles. The summed E-state index contributed by atoms with van der Waals surface area (Å²) >= 11 is 1.43. The van der Waals surface area contributed by atoms with Crippen molar-refractivity contribution >= 4 is 34.6 Å². The van der Waals surface area contributed by atoms with Gasteiger partial charge in [0.2, 0.25) is 0 Å². The Morgan fingerprint density at radius 1 is 1.59 bits per heavy atom. The number of urea groups is 1. The van der Waals surface area contributed by atoms with Gasteiger partial charge in [-0.25, -0.2) is 9.59 Å². The highest BCUT2D eigenvalue weighted by molar-refractivity contribution is 7.99. The third-order valence-electron chi connectivity index (χ3n) is 2.31. The van der Waals surface area contributed by atoms with E-state index in [2.05, 4.69) is 5.32 Å². The van der Waals surface area contributed by atoms with E-state index in [0.29, 0.717) is 30.3 Å². The molecule has 0 aromatic carbocycles. The van der Waals surface area contributed by atoms with E-state index in [1.807, 2.05) is 0 Å². The summed E-state index contributed by atoms with van der Waals surface area (Å²) in [6.45, 7) is 0.423. The smallest absolute Gasteiger partial charge is 0.327 e. The zero-order valence-corrected chi connectivity index (χ0v) is 11.2. The molecule has 0 radical (unpaired) electrons. The van der Waals surface area contributed by atoms with E-state index in [-0.39, 0.29) is 6.03 Å². The Kier molecular flexibility index (Phi) is 5.76. The maximum Gasteiger partial charge on any atom is 0.327 e. The molecular weight excluding hydrogens is 264 g/mol. The van der Waals surface area contributed by atoms with Gasteiger partial charge < -0.3 is 15.3 Å². The molecule has 1 aliphatic heterocycles. The highest BCUT2D eigenvalue weighted by Crippen LogP contribution is 2.20. The first-order valence-electron chi connectivity index (χ1n) is 5.17. The van der Waals surface area contributed by atoms with Crippen molar-refractivity contribution in [2.75, 3.05) is 30.2 Å². The molecule has 0 bridgehead atoms. The lowest BCUT2D eigenvalue weighted by atomic mass is 10.3. The summed E-state index contributed by atoms with van der Waals surface area (Å²) in [7, 11) is -0.860. The summed E-state index contributed by atoms with van der Waals surface area (Å²) in [5.41, 5.74) is 0. The molecule has 2 N–H and O–H groups in total. The van der Waals surface area contributed by atoms with Crippen molar-refractivity contribution in [3.05, 3.63) is 0 Å². The molecule has 1 fully saturated rings. The second kappa shape index (κ2) is 6.85. The fraction of sp³-hybridized carbons (Fsp3) is 0.778. The molecule has 0 saturated carbocycles. The van der Waals surface area contributed by atoms with Crippen LogP contribution in [0, 0.1) is 0 Å².